The van der Waals surface area contributed by atoms with Gasteiger partial charge in [-0.15, -0.1) is 0 Å². The molecule has 1 aliphatic rings. The first kappa shape index (κ1) is 19.0. The molecule has 1 aliphatic heterocycles. The highest BCUT2D eigenvalue weighted by Crippen LogP contribution is 2.28. The van der Waals surface area contributed by atoms with Crippen LogP contribution in [0.5, 0.6) is 11.5 Å². The quantitative estimate of drug-likeness (QED) is 0.819. The summed E-state index contributed by atoms with van der Waals surface area (Å²) < 4.78 is 36.0. The Kier molecular flexibility index (Phi) is 5.55. The van der Waals surface area contributed by atoms with Gasteiger partial charge >= 0.3 is 0 Å². The number of rotatable bonds is 6. The maximum atomic E-state index is 12.4. The SMILES string of the molecule is COc1ccc(CC(=O)Nc2cccc(N3CCCS3(=O)=O)c2)cc1OC. The Hall–Kier alpha value is -2.74. The Morgan fingerprint density at radius 1 is 1.11 bits per heavy atom. The smallest absolute Gasteiger partial charge is 0.235 e. The molecule has 27 heavy (non-hydrogen) atoms. The number of ether oxygens (including phenoxy) is 2. The van der Waals surface area contributed by atoms with E-state index >= 15 is 0 Å². The molecular weight excluding hydrogens is 368 g/mol. The van der Waals surface area contributed by atoms with Gasteiger partial charge in [-0.1, -0.05) is 12.1 Å². The molecule has 1 heterocycles. The maximum absolute atomic E-state index is 12.4. The monoisotopic (exact) mass is 390 g/mol. The predicted molar refractivity (Wildman–Crippen MR) is 104 cm³/mol. The fraction of sp³-hybridized carbons (Fsp3) is 0.316. The van der Waals surface area contributed by atoms with E-state index in [1.807, 2.05) is 0 Å². The van der Waals surface area contributed by atoms with Gasteiger partial charge in [0.2, 0.25) is 15.9 Å². The lowest BCUT2D eigenvalue weighted by Gasteiger charge is -2.17. The highest BCUT2D eigenvalue weighted by Gasteiger charge is 2.28. The molecule has 1 saturated heterocycles. The van der Waals surface area contributed by atoms with Crippen LogP contribution in [0, 0.1) is 0 Å². The van der Waals surface area contributed by atoms with Gasteiger partial charge in [-0.05, 0) is 42.3 Å². The summed E-state index contributed by atoms with van der Waals surface area (Å²) in [6.45, 7) is 0.464. The van der Waals surface area contributed by atoms with Crippen LogP contribution in [-0.4, -0.2) is 40.8 Å². The van der Waals surface area contributed by atoms with Crippen molar-refractivity contribution in [1.82, 2.24) is 0 Å². The van der Waals surface area contributed by atoms with Gasteiger partial charge in [0.25, 0.3) is 0 Å². The third-order valence-corrected chi connectivity index (χ3v) is 6.20. The lowest BCUT2D eigenvalue weighted by Crippen LogP contribution is -2.25. The number of carbonyl (C=O) groups excluding carboxylic acids is 1. The molecule has 1 amide bonds. The number of nitrogens with zero attached hydrogens (tertiary/aromatic N) is 1. The number of hydrogen-bond acceptors (Lipinski definition) is 5. The molecule has 0 radical (unpaired) electrons. The minimum absolute atomic E-state index is 0.156. The standard InChI is InChI=1S/C19H22N2O5S/c1-25-17-8-7-14(11-18(17)26-2)12-19(22)20-15-5-3-6-16(13-15)21-9-4-10-27(21,23)24/h3,5-8,11,13H,4,9-10,12H2,1-2H3,(H,20,22). The van der Waals surface area contributed by atoms with Crippen LogP contribution in [-0.2, 0) is 21.2 Å². The Morgan fingerprint density at radius 2 is 1.89 bits per heavy atom. The van der Waals surface area contributed by atoms with Gasteiger partial charge in [-0.25, -0.2) is 8.42 Å². The normalized spacial score (nSPS) is 15.4. The van der Waals surface area contributed by atoms with Crippen LogP contribution in [0.2, 0.25) is 0 Å². The van der Waals surface area contributed by atoms with Gasteiger partial charge < -0.3 is 14.8 Å². The summed E-state index contributed by atoms with van der Waals surface area (Å²) in [5.74, 6) is 1.11. The molecule has 1 N–H and O–H groups in total. The second-order valence-electron chi connectivity index (χ2n) is 6.21. The lowest BCUT2D eigenvalue weighted by atomic mass is 10.1. The van der Waals surface area contributed by atoms with Crippen LogP contribution in [0.3, 0.4) is 0 Å². The summed E-state index contributed by atoms with van der Waals surface area (Å²) in [6, 6.07) is 12.2. The van der Waals surface area contributed by atoms with E-state index in [0.29, 0.717) is 35.8 Å². The molecular formula is C19H22N2O5S. The molecule has 2 aromatic rings. The number of benzene rings is 2. The summed E-state index contributed by atoms with van der Waals surface area (Å²) in [6.07, 6.45) is 0.769. The van der Waals surface area contributed by atoms with Crippen molar-refractivity contribution in [3.05, 3.63) is 48.0 Å². The van der Waals surface area contributed by atoms with Crippen LogP contribution >= 0.6 is 0 Å². The Labute approximate surface area is 158 Å². The van der Waals surface area contributed by atoms with Crippen LogP contribution in [0.4, 0.5) is 11.4 Å². The first-order chi connectivity index (χ1) is 12.9. The lowest BCUT2D eigenvalue weighted by molar-refractivity contribution is -0.115. The van der Waals surface area contributed by atoms with Gasteiger partial charge in [-0.2, -0.15) is 0 Å². The zero-order valence-corrected chi connectivity index (χ0v) is 16.1. The molecule has 0 bridgehead atoms. The van der Waals surface area contributed by atoms with Crippen LogP contribution < -0.4 is 19.1 Å². The molecule has 0 aliphatic carbocycles. The second-order valence-corrected chi connectivity index (χ2v) is 8.22. The van der Waals surface area contributed by atoms with Gasteiger partial charge in [-0.3, -0.25) is 9.10 Å². The van der Waals surface area contributed by atoms with Gasteiger partial charge in [0.05, 0.1) is 32.1 Å². The first-order valence-electron chi connectivity index (χ1n) is 8.54. The number of nitrogens with one attached hydrogen (secondary N) is 1. The maximum Gasteiger partial charge on any atom is 0.235 e. The van der Waals surface area contributed by atoms with E-state index < -0.39 is 10.0 Å². The predicted octanol–water partition coefficient (Wildman–Crippen LogP) is 2.42. The van der Waals surface area contributed by atoms with Crippen molar-refractivity contribution < 1.29 is 22.7 Å². The molecule has 2 aromatic carbocycles. The van der Waals surface area contributed by atoms with Crippen LogP contribution in [0.25, 0.3) is 0 Å². The minimum atomic E-state index is -3.25. The minimum Gasteiger partial charge on any atom is -0.493 e. The number of methoxy groups -OCH3 is 2. The Bertz CT molecular complexity index is 943. The molecule has 144 valence electrons. The number of carbonyl (C=O) groups is 1. The molecule has 0 aromatic heterocycles. The van der Waals surface area contributed by atoms with Crippen LogP contribution in [0.15, 0.2) is 42.5 Å². The molecule has 1 fully saturated rings. The van der Waals surface area contributed by atoms with Gasteiger partial charge in [0.1, 0.15) is 0 Å². The fourth-order valence-corrected chi connectivity index (χ4v) is 4.61. The van der Waals surface area contributed by atoms with E-state index in [1.54, 1.807) is 56.7 Å². The largest absolute Gasteiger partial charge is 0.493 e. The van der Waals surface area contributed by atoms with E-state index in [2.05, 4.69) is 5.32 Å². The fourth-order valence-electron chi connectivity index (χ4n) is 3.05. The van der Waals surface area contributed by atoms with Crippen molar-refractivity contribution in [3.63, 3.8) is 0 Å². The zero-order chi connectivity index (χ0) is 19.4. The summed E-state index contributed by atoms with van der Waals surface area (Å²) >= 11 is 0. The van der Waals surface area contributed by atoms with Crippen molar-refractivity contribution in [2.45, 2.75) is 12.8 Å². The Morgan fingerprint density at radius 3 is 2.56 bits per heavy atom. The molecule has 3 rings (SSSR count). The van der Waals surface area contributed by atoms with Crippen molar-refractivity contribution in [1.29, 1.82) is 0 Å². The molecule has 0 saturated carbocycles. The van der Waals surface area contributed by atoms with E-state index in [9.17, 15) is 13.2 Å². The van der Waals surface area contributed by atoms with E-state index in [-0.39, 0.29) is 18.1 Å². The average Bonchev–Trinajstić information content (AvgIpc) is 3.00. The molecule has 0 spiro atoms. The van der Waals surface area contributed by atoms with Crippen molar-refractivity contribution >= 4 is 27.3 Å². The molecule has 8 heteroatoms. The van der Waals surface area contributed by atoms with Crippen molar-refractivity contribution in [3.8, 4) is 11.5 Å². The highest BCUT2D eigenvalue weighted by molar-refractivity contribution is 7.93. The number of amides is 1. The zero-order valence-electron chi connectivity index (χ0n) is 15.3. The van der Waals surface area contributed by atoms with Gasteiger partial charge in [0.15, 0.2) is 11.5 Å². The number of sulfonamides is 1. The Balaban J connectivity index is 1.71. The second kappa shape index (κ2) is 7.87. The molecule has 0 unspecified atom stereocenters. The highest BCUT2D eigenvalue weighted by atomic mass is 32.2. The first-order valence-corrected chi connectivity index (χ1v) is 10.1. The summed E-state index contributed by atoms with van der Waals surface area (Å²) in [5, 5.41) is 2.82. The van der Waals surface area contributed by atoms with E-state index in [1.165, 1.54) is 4.31 Å². The van der Waals surface area contributed by atoms with E-state index in [0.717, 1.165) is 5.56 Å². The van der Waals surface area contributed by atoms with Gasteiger partial charge in [0, 0.05) is 12.2 Å². The van der Waals surface area contributed by atoms with Crippen molar-refractivity contribution in [2.24, 2.45) is 0 Å². The molecule has 7 nitrogen and oxygen atoms in total. The summed E-state index contributed by atoms with van der Waals surface area (Å²) in [7, 11) is -0.159. The topological polar surface area (TPSA) is 84.9 Å². The van der Waals surface area contributed by atoms with E-state index in [4.69, 9.17) is 9.47 Å². The summed E-state index contributed by atoms with van der Waals surface area (Å²) in [5.41, 5.74) is 1.90. The number of hydrogen-bond donors (Lipinski definition) is 1. The third-order valence-electron chi connectivity index (χ3n) is 4.33. The average molecular weight is 390 g/mol. The number of anilines is 2. The van der Waals surface area contributed by atoms with Crippen molar-refractivity contribution in [2.75, 3.05) is 36.1 Å². The third kappa shape index (κ3) is 4.33. The molecule has 0 atom stereocenters. The van der Waals surface area contributed by atoms with Crippen LogP contribution in [0.1, 0.15) is 12.0 Å². The summed E-state index contributed by atoms with van der Waals surface area (Å²) in [4.78, 5) is 12.4.